The van der Waals surface area contributed by atoms with Crippen molar-refractivity contribution in [2.45, 2.75) is 19.0 Å². The topological polar surface area (TPSA) is 124 Å². The van der Waals surface area contributed by atoms with Crippen molar-refractivity contribution in [3.63, 3.8) is 0 Å². The summed E-state index contributed by atoms with van der Waals surface area (Å²) in [6.45, 7) is 1.26. The van der Waals surface area contributed by atoms with Crippen LogP contribution in [0.1, 0.15) is 20.4 Å². The molecule has 3 N–H and O–H groups in total. The van der Waals surface area contributed by atoms with Crippen LogP contribution < -0.4 is 16.0 Å². The lowest BCUT2D eigenvalue weighted by molar-refractivity contribution is -0.136. The molecule has 10 nitrogen and oxygen atoms in total. The lowest BCUT2D eigenvalue weighted by atomic mass is 10.2. The molecule has 3 rings (SSSR count). The van der Waals surface area contributed by atoms with Crippen molar-refractivity contribution in [3.8, 4) is 0 Å². The molecule has 1 aromatic heterocycles. The summed E-state index contributed by atoms with van der Waals surface area (Å²) in [6, 6.07) is 3.81. The Hall–Kier alpha value is -3.38. The molecular weight excluding hydrogens is 451 g/mol. The smallest absolute Gasteiger partial charge is 0.313 e. The highest BCUT2D eigenvalue weighted by molar-refractivity contribution is 7.13. The molecule has 0 saturated carbocycles. The second-order valence-electron chi connectivity index (χ2n) is 7.81. The molecule has 2 aromatic rings. The van der Waals surface area contributed by atoms with Crippen LogP contribution >= 0.6 is 11.3 Å². The van der Waals surface area contributed by atoms with Gasteiger partial charge in [0, 0.05) is 50.7 Å². The Morgan fingerprint density at radius 2 is 1.88 bits per heavy atom. The van der Waals surface area contributed by atoms with E-state index in [1.54, 1.807) is 0 Å². The van der Waals surface area contributed by atoms with Gasteiger partial charge in [-0.2, -0.15) is 0 Å². The van der Waals surface area contributed by atoms with Crippen LogP contribution in [0.4, 0.5) is 10.1 Å². The number of carbonyl (C=O) groups excluding carboxylic acids is 4. The van der Waals surface area contributed by atoms with Crippen LogP contribution in [0.3, 0.4) is 0 Å². The first-order valence-corrected chi connectivity index (χ1v) is 11.0. The molecule has 1 aromatic carbocycles. The molecule has 0 bridgehead atoms. The summed E-state index contributed by atoms with van der Waals surface area (Å²) in [5.41, 5.74) is 1.12. The maximum atomic E-state index is 13.0. The molecule has 1 atom stereocenters. The van der Waals surface area contributed by atoms with Crippen LogP contribution in [-0.4, -0.2) is 78.7 Å². The predicted octanol–water partition coefficient (Wildman–Crippen LogP) is 0.212. The van der Waals surface area contributed by atoms with Gasteiger partial charge in [-0.25, -0.2) is 9.37 Å². The number of amides is 4. The zero-order valence-corrected chi connectivity index (χ0v) is 19.3. The molecule has 2 heterocycles. The average molecular weight is 477 g/mol. The standard InChI is InChI=1S/C21H25FN6O4S/c1-27(2)21(32)15(10-23-17(29)18(30)24-13-6-4-12(22)5-7-13)25-19(31)20-26-14-8-9-28(3)11-16(14)33-20/h4-7,15H,8-11H2,1-3H3,(H,23,29)(H,24,30)(H,25,31). The largest absolute Gasteiger partial charge is 0.347 e. The molecule has 4 amide bonds. The second-order valence-corrected chi connectivity index (χ2v) is 8.89. The number of carbonyl (C=O) groups is 4. The second kappa shape index (κ2) is 10.5. The van der Waals surface area contributed by atoms with Crippen molar-refractivity contribution in [3.05, 3.63) is 45.7 Å². The van der Waals surface area contributed by atoms with Crippen molar-refractivity contribution < 1.29 is 23.6 Å². The summed E-state index contributed by atoms with van der Waals surface area (Å²) in [4.78, 5) is 58.4. The van der Waals surface area contributed by atoms with Gasteiger partial charge < -0.3 is 25.8 Å². The minimum absolute atomic E-state index is 0.240. The predicted molar refractivity (Wildman–Crippen MR) is 120 cm³/mol. The van der Waals surface area contributed by atoms with E-state index in [2.05, 4.69) is 25.8 Å². The van der Waals surface area contributed by atoms with Crippen LogP contribution in [0.5, 0.6) is 0 Å². The Bertz CT molecular complexity index is 1060. The number of rotatable bonds is 6. The number of nitrogens with one attached hydrogen (secondary N) is 3. The number of benzene rings is 1. The lowest BCUT2D eigenvalue weighted by Gasteiger charge is -2.21. The molecule has 176 valence electrons. The summed E-state index contributed by atoms with van der Waals surface area (Å²) in [5.74, 6) is -3.45. The van der Waals surface area contributed by atoms with Crippen LogP contribution in [0.15, 0.2) is 24.3 Å². The third-order valence-corrected chi connectivity index (χ3v) is 6.02. The van der Waals surface area contributed by atoms with Gasteiger partial charge in [0.15, 0.2) is 5.01 Å². The van der Waals surface area contributed by atoms with Gasteiger partial charge in [0.2, 0.25) is 5.91 Å². The first-order chi connectivity index (χ1) is 15.6. The number of likely N-dealkylation sites (N-methyl/N-ethyl adjacent to an activating group) is 2. The maximum absolute atomic E-state index is 13.0. The minimum atomic E-state index is -1.10. The molecule has 33 heavy (non-hydrogen) atoms. The van der Waals surface area contributed by atoms with Crippen LogP contribution in [-0.2, 0) is 27.3 Å². The van der Waals surface area contributed by atoms with E-state index in [1.165, 1.54) is 42.5 Å². The third-order valence-electron chi connectivity index (χ3n) is 4.94. The van der Waals surface area contributed by atoms with Crippen LogP contribution in [0.25, 0.3) is 0 Å². The molecule has 1 aliphatic rings. The van der Waals surface area contributed by atoms with Crippen molar-refractivity contribution in [1.29, 1.82) is 0 Å². The Morgan fingerprint density at radius 1 is 1.18 bits per heavy atom. The number of halogens is 1. The number of aromatic nitrogens is 1. The molecule has 1 unspecified atom stereocenters. The minimum Gasteiger partial charge on any atom is -0.347 e. The molecular formula is C21H25FN6O4S. The highest BCUT2D eigenvalue weighted by atomic mass is 32.1. The molecule has 0 radical (unpaired) electrons. The molecule has 0 fully saturated rings. The van der Waals surface area contributed by atoms with Gasteiger partial charge in [0.1, 0.15) is 11.9 Å². The number of hydrogen-bond donors (Lipinski definition) is 3. The Kier molecular flexibility index (Phi) is 7.71. The van der Waals surface area contributed by atoms with Gasteiger partial charge in [-0.05, 0) is 31.3 Å². The van der Waals surface area contributed by atoms with Crippen molar-refractivity contribution in [2.24, 2.45) is 0 Å². The summed E-state index contributed by atoms with van der Waals surface area (Å²) in [6.07, 6.45) is 0.745. The lowest BCUT2D eigenvalue weighted by Crippen LogP contribution is -2.53. The first kappa shape index (κ1) is 24.3. The van der Waals surface area contributed by atoms with Gasteiger partial charge >= 0.3 is 11.8 Å². The number of nitrogens with zero attached hydrogens (tertiary/aromatic N) is 3. The van der Waals surface area contributed by atoms with E-state index in [4.69, 9.17) is 0 Å². The van der Waals surface area contributed by atoms with E-state index < -0.39 is 35.5 Å². The quantitative estimate of drug-likeness (QED) is 0.512. The Labute approximate surface area is 194 Å². The van der Waals surface area contributed by atoms with Crippen molar-refractivity contribution >= 4 is 40.7 Å². The summed E-state index contributed by atoms with van der Waals surface area (Å²) in [7, 11) is 5.02. The zero-order chi connectivity index (χ0) is 24.1. The average Bonchev–Trinajstić information content (AvgIpc) is 3.20. The van der Waals surface area contributed by atoms with Gasteiger partial charge in [-0.15, -0.1) is 11.3 Å². The van der Waals surface area contributed by atoms with E-state index in [-0.39, 0.29) is 17.2 Å². The highest BCUT2D eigenvalue weighted by Crippen LogP contribution is 2.24. The molecule has 0 saturated heterocycles. The fraction of sp³-hybridized carbons (Fsp3) is 0.381. The molecule has 1 aliphatic heterocycles. The van der Waals surface area contributed by atoms with E-state index in [0.717, 1.165) is 35.7 Å². The van der Waals surface area contributed by atoms with Gasteiger partial charge in [0.05, 0.1) is 5.69 Å². The number of hydrogen-bond acceptors (Lipinski definition) is 7. The number of fused-ring (bicyclic) bond motifs is 1. The number of anilines is 1. The van der Waals surface area contributed by atoms with Crippen molar-refractivity contribution in [2.75, 3.05) is 39.5 Å². The van der Waals surface area contributed by atoms with Gasteiger partial charge in [-0.3, -0.25) is 19.2 Å². The summed E-state index contributed by atoms with van der Waals surface area (Å²) in [5, 5.41) is 7.52. The summed E-state index contributed by atoms with van der Waals surface area (Å²) < 4.78 is 13.0. The van der Waals surface area contributed by atoms with Gasteiger partial charge in [0.25, 0.3) is 5.91 Å². The zero-order valence-electron chi connectivity index (χ0n) is 18.5. The fourth-order valence-corrected chi connectivity index (χ4v) is 4.24. The summed E-state index contributed by atoms with van der Waals surface area (Å²) >= 11 is 1.27. The third kappa shape index (κ3) is 6.33. The number of thiazole rings is 1. The van der Waals surface area contributed by atoms with E-state index in [0.29, 0.717) is 6.54 Å². The monoisotopic (exact) mass is 476 g/mol. The van der Waals surface area contributed by atoms with E-state index in [9.17, 15) is 23.6 Å². The molecule has 0 spiro atoms. The molecule has 12 heteroatoms. The van der Waals surface area contributed by atoms with Crippen molar-refractivity contribution in [1.82, 2.24) is 25.4 Å². The van der Waals surface area contributed by atoms with Crippen LogP contribution in [0, 0.1) is 5.82 Å². The SMILES string of the molecule is CN1CCc2nc(C(=O)NC(CNC(=O)C(=O)Nc3ccc(F)cc3)C(=O)N(C)C)sc2C1. The fourth-order valence-electron chi connectivity index (χ4n) is 3.15. The Morgan fingerprint density at radius 3 is 2.55 bits per heavy atom. The maximum Gasteiger partial charge on any atom is 0.313 e. The van der Waals surface area contributed by atoms with E-state index >= 15 is 0 Å². The Balaban J connectivity index is 1.62. The van der Waals surface area contributed by atoms with E-state index in [1.807, 2.05) is 7.05 Å². The first-order valence-electron chi connectivity index (χ1n) is 10.2. The molecule has 0 aliphatic carbocycles. The normalized spacial score (nSPS) is 14.1. The van der Waals surface area contributed by atoms with Crippen LogP contribution in [0.2, 0.25) is 0 Å². The van der Waals surface area contributed by atoms with Gasteiger partial charge in [-0.1, -0.05) is 0 Å². The highest BCUT2D eigenvalue weighted by Gasteiger charge is 2.27.